The van der Waals surface area contributed by atoms with Crippen molar-refractivity contribution in [1.29, 1.82) is 0 Å². The van der Waals surface area contributed by atoms with E-state index in [2.05, 4.69) is 22.8 Å². The van der Waals surface area contributed by atoms with Crippen LogP contribution < -0.4 is 16.4 Å². The molecule has 0 atom stereocenters. The number of rotatable bonds is 7. The van der Waals surface area contributed by atoms with Crippen LogP contribution >= 0.6 is 0 Å². The first-order valence-corrected chi connectivity index (χ1v) is 10.6. The number of nitrogens with one attached hydrogen (secondary N) is 2. The number of anilines is 2. The summed E-state index contributed by atoms with van der Waals surface area (Å²) in [5.41, 5.74) is 11.6. The van der Waals surface area contributed by atoms with E-state index in [0.717, 1.165) is 27.8 Å². The van der Waals surface area contributed by atoms with E-state index < -0.39 is 5.82 Å². The number of unbranched alkanes of at least 4 members (excludes halogenated alkanes) is 1. The van der Waals surface area contributed by atoms with Gasteiger partial charge in [0, 0.05) is 19.0 Å². The molecule has 0 radical (unpaired) electrons. The smallest absolute Gasteiger partial charge is 0.244 e. The summed E-state index contributed by atoms with van der Waals surface area (Å²) in [7, 11) is 0. The molecule has 1 aliphatic carbocycles. The van der Waals surface area contributed by atoms with E-state index in [1.54, 1.807) is 6.08 Å². The van der Waals surface area contributed by atoms with E-state index >= 15 is 0 Å². The van der Waals surface area contributed by atoms with Crippen molar-refractivity contribution >= 4 is 28.8 Å². The Bertz CT molecular complexity index is 1160. The Morgan fingerprint density at radius 3 is 2.12 bits per heavy atom. The average Bonchev–Trinajstić information content (AvgIpc) is 3.09. The Labute approximate surface area is 186 Å². The molecule has 0 fully saturated rings. The maximum Gasteiger partial charge on any atom is 0.244 e. The Kier molecular flexibility index (Phi) is 6.31. The van der Waals surface area contributed by atoms with Crippen LogP contribution in [0.1, 0.15) is 30.4 Å². The standard InChI is InChI=1S/C26H24FN3O2/c27-17-12-13-24(23(28)15-17)30-25(31)11-5-6-14-29-26(32)16-22-20-9-3-1-7-18(20)19-8-2-4-10-21(19)22/h1-4,7-10,12-13,15-16H,5-6,11,14,28H2,(H,29,32)(H,30,31). The molecule has 0 saturated carbocycles. The Balaban J connectivity index is 1.27. The largest absolute Gasteiger partial charge is 0.397 e. The third-order valence-electron chi connectivity index (χ3n) is 5.42. The van der Waals surface area contributed by atoms with Gasteiger partial charge in [0.05, 0.1) is 11.4 Å². The summed E-state index contributed by atoms with van der Waals surface area (Å²) >= 11 is 0. The van der Waals surface area contributed by atoms with Gasteiger partial charge in [-0.3, -0.25) is 9.59 Å². The van der Waals surface area contributed by atoms with Gasteiger partial charge in [-0.15, -0.1) is 0 Å². The molecule has 0 bridgehead atoms. The highest BCUT2D eigenvalue weighted by atomic mass is 19.1. The lowest BCUT2D eigenvalue weighted by molar-refractivity contribution is -0.116. The molecule has 0 unspecified atom stereocenters. The molecular formula is C26H24FN3O2. The number of hydrogen-bond donors (Lipinski definition) is 3. The third kappa shape index (κ3) is 4.70. The summed E-state index contributed by atoms with van der Waals surface area (Å²) in [5.74, 6) is -0.804. The van der Waals surface area contributed by atoms with E-state index in [1.807, 2.05) is 36.4 Å². The van der Waals surface area contributed by atoms with E-state index in [9.17, 15) is 14.0 Å². The van der Waals surface area contributed by atoms with Crippen LogP contribution in [0.25, 0.3) is 16.7 Å². The number of halogens is 1. The highest BCUT2D eigenvalue weighted by Gasteiger charge is 2.22. The zero-order valence-corrected chi connectivity index (χ0v) is 17.5. The van der Waals surface area contributed by atoms with Crippen molar-refractivity contribution in [2.45, 2.75) is 19.3 Å². The van der Waals surface area contributed by atoms with Gasteiger partial charge in [-0.2, -0.15) is 0 Å². The zero-order valence-electron chi connectivity index (χ0n) is 17.5. The lowest BCUT2D eigenvalue weighted by Crippen LogP contribution is -2.23. The summed E-state index contributed by atoms with van der Waals surface area (Å²) in [6.07, 6.45) is 3.20. The highest BCUT2D eigenvalue weighted by Crippen LogP contribution is 2.43. The van der Waals surface area contributed by atoms with Crippen LogP contribution in [0.5, 0.6) is 0 Å². The van der Waals surface area contributed by atoms with E-state index in [-0.39, 0.29) is 23.9 Å². The fourth-order valence-corrected chi connectivity index (χ4v) is 3.87. The van der Waals surface area contributed by atoms with Crippen molar-refractivity contribution in [3.63, 3.8) is 0 Å². The SMILES string of the molecule is Nc1cc(F)ccc1NC(=O)CCCCNC(=O)C=C1c2ccccc2-c2ccccc21. The van der Waals surface area contributed by atoms with Gasteiger partial charge >= 0.3 is 0 Å². The van der Waals surface area contributed by atoms with Gasteiger partial charge in [-0.05, 0) is 58.9 Å². The molecule has 0 spiro atoms. The minimum atomic E-state index is -0.448. The van der Waals surface area contributed by atoms with Crippen molar-refractivity contribution in [2.75, 3.05) is 17.6 Å². The second-order valence-corrected chi connectivity index (χ2v) is 7.68. The minimum absolute atomic E-state index is 0.157. The zero-order chi connectivity index (χ0) is 22.5. The number of benzene rings is 3. The summed E-state index contributed by atoms with van der Waals surface area (Å²) < 4.78 is 13.1. The monoisotopic (exact) mass is 429 g/mol. The van der Waals surface area contributed by atoms with Crippen LogP contribution in [0.4, 0.5) is 15.8 Å². The molecule has 4 rings (SSSR count). The van der Waals surface area contributed by atoms with Gasteiger partial charge in [0.25, 0.3) is 0 Å². The fourth-order valence-electron chi connectivity index (χ4n) is 3.87. The lowest BCUT2D eigenvalue weighted by atomic mass is 10.0. The quantitative estimate of drug-likeness (QED) is 0.225. The van der Waals surface area contributed by atoms with E-state index in [0.29, 0.717) is 25.1 Å². The molecule has 0 aliphatic heterocycles. The van der Waals surface area contributed by atoms with Crippen LogP contribution in [0.3, 0.4) is 0 Å². The van der Waals surface area contributed by atoms with Gasteiger partial charge < -0.3 is 16.4 Å². The molecule has 4 N–H and O–H groups in total. The highest BCUT2D eigenvalue weighted by molar-refractivity contribution is 6.08. The van der Waals surface area contributed by atoms with Gasteiger partial charge in [0.1, 0.15) is 5.82 Å². The van der Waals surface area contributed by atoms with Crippen molar-refractivity contribution in [2.24, 2.45) is 0 Å². The van der Waals surface area contributed by atoms with E-state index in [4.69, 9.17) is 5.73 Å². The third-order valence-corrected chi connectivity index (χ3v) is 5.42. The van der Waals surface area contributed by atoms with Gasteiger partial charge in [-0.25, -0.2) is 4.39 Å². The molecule has 0 heterocycles. The molecule has 3 aromatic rings. The fraction of sp³-hybridized carbons (Fsp3) is 0.154. The van der Waals surface area contributed by atoms with Gasteiger partial charge in [-0.1, -0.05) is 48.5 Å². The van der Waals surface area contributed by atoms with Crippen LogP contribution in [-0.4, -0.2) is 18.4 Å². The molecule has 1 aliphatic rings. The van der Waals surface area contributed by atoms with Crippen LogP contribution in [0.15, 0.2) is 72.8 Å². The molecule has 5 nitrogen and oxygen atoms in total. The van der Waals surface area contributed by atoms with Gasteiger partial charge in [0.2, 0.25) is 11.8 Å². The number of carbonyl (C=O) groups excluding carboxylic acids is 2. The molecule has 0 aromatic heterocycles. The number of fused-ring (bicyclic) bond motifs is 3. The molecular weight excluding hydrogens is 405 g/mol. The summed E-state index contributed by atoms with van der Waals surface area (Å²) in [5, 5.41) is 5.58. The topological polar surface area (TPSA) is 84.2 Å². The molecule has 3 aromatic carbocycles. The second kappa shape index (κ2) is 9.47. The molecule has 6 heteroatoms. The maximum absolute atomic E-state index is 13.1. The first-order valence-electron chi connectivity index (χ1n) is 10.6. The van der Waals surface area contributed by atoms with Crippen molar-refractivity contribution in [3.05, 3.63) is 89.8 Å². The molecule has 32 heavy (non-hydrogen) atoms. The summed E-state index contributed by atoms with van der Waals surface area (Å²) in [6, 6.07) is 20.0. The first kappa shape index (κ1) is 21.3. The van der Waals surface area contributed by atoms with E-state index in [1.165, 1.54) is 18.2 Å². The van der Waals surface area contributed by atoms with Gasteiger partial charge in [0.15, 0.2) is 0 Å². The predicted molar refractivity (Wildman–Crippen MR) is 125 cm³/mol. The number of carbonyl (C=O) groups is 2. The van der Waals surface area contributed by atoms with Crippen molar-refractivity contribution in [1.82, 2.24) is 5.32 Å². The maximum atomic E-state index is 13.1. The Hall–Kier alpha value is -3.93. The number of hydrogen-bond acceptors (Lipinski definition) is 3. The van der Waals surface area contributed by atoms with Crippen LogP contribution in [-0.2, 0) is 9.59 Å². The number of nitrogens with two attached hydrogens (primary N) is 1. The predicted octanol–water partition coefficient (Wildman–Crippen LogP) is 4.75. The van der Waals surface area contributed by atoms with Crippen molar-refractivity contribution in [3.8, 4) is 11.1 Å². The lowest BCUT2D eigenvalue weighted by Gasteiger charge is -2.08. The van der Waals surface area contributed by atoms with Crippen LogP contribution in [0, 0.1) is 5.82 Å². The number of nitrogen functional groups attached to an aromatic ring is 1. The summed E-state index contributed by atoms with van der Waals surface area (Å²) in [6.45, 7) is 0.470. The minimum Gasteiger partial charge on any atom is -0.397 e. The Morgan fingerprint density at radius 1 is 0.875 bits per heavy atom. The first-order chi connectivity index (χ1) is 15.5. The normalized spacial score (nSPS) is 11.5. The second-order valence-electron chi connectivity index (χ2n) is 7.68. The molecule has 0 saturated heterocycles. The summed E-state index contributed by atoms with van der Waals surface area (Å²) in [4.78, 5) is 24.6. The Morgan fingerprint density at radius 2 is 1.50 bits per heavy atom. The van der Waals surface area contributed by atoms with Crippen molar-refractivity contribution < 1.29 is 14.0 Å². The average molecular weight is 429 g/mol. The number of amides is 2. The molecule has 162 valence electrons. The van der Waals surface area contributed by atoms with Crippen LogP contribution in [0.2, 0.25) is 0 Å². The molecule has 2 amide bonds.